The van der Waals surface area contributed by atoms with Crippen molar-refractivity contribution >= 4 is 21.6 Å². The Bertz CT molecular complexity index is 545. The van der Waals surface area contributed by atoms with Gasteiger partial charge in [0.15, 0.2) is 0 Å². The highest BCUT2D eigenvalue weighted by Crippen LogP contribution is 2.24. The van der Waals surface area contributed by atoms with Gasteiger partial charge in [-0.15, -0.1) is 0 Å². The van der Waals surface area contributed by atoms with Crippen molar-refractivity contribution in [3.05, 3.63) is 17.3 Å². The monoisotopic (exact) mass is 308 g/mol. The fourth-order valence-electron chi connectivity index (χ4n) is 1.47. The number of hydrogen-bond donors (Lipinski definition) is 1. The Kier molecular flexibility index (Phi) is 4.58. The maximum atomic E-state index is 11.1. The van der Waals surface area contributed by atoms with Gasteiger partial charge in [0.05, 0.1) is 26.0 Å². The molecule has 2 heterocycles. The number of hydrogen-bond acceptors (Lipinski definition) is 6. The van der Waals surface area contributed by atoms with Crippen molar-refractivity contribution in [3.63, 3.8) is 0 Å². The summed E-state index contributed by atoms with van der Waals surface area (Å²) < 4.78 is 38.2. The van der Waals surface area contributed by atoms with E-state index in [4.69, 9.17) is 31.0 Å². The minimum Gasteiger partial charge on any atom is -0.474 e. The summed E-state index contributed by atoms with van der Waals surface area (Å²) in [5.41, 5.74) is 0. The van der Waals surface area contributed by atoms with Crippen LogP contribution in [-0.4, -0.2) is 45.9 Å². The van der Waals surface area contributed by atoms with E-state index in [0.29, 0.717) is 19.8 Å². The van der Waals surface area contributed by atoms with Gasteiger partial charge in [0.1, 0.15) is 22.6 Å². The van der Waals surface area contributed by atoms with Crippen LogP contribution in [0.25, 0.3) is 0 Å². The van der Waals surface area contributed by atoms with Crippen LogP contribution in [0.15, 0.2) is 17.2 Å². The minimum atomic E-state index is -3.82. The van der Waals surface area contributed by atoms with E-state index in [9.17, 15) is 8.42 Å². The summed E-state index contributed by atoms with van der Waals surface area (Å²) in [4.78, 5) is 3.65. The van der Waals surface area contributed by atoms with Crippen molar-refractivity contribution in [1.29, 1.82) is 0 Å². The van der Waals surface area contributed by atoms with Crippen LogP contribution < -0.4 is 9.88 Å². The Morgan fingerprint density at radius 1 is 1.53 bits per heavy atom. The van der Waals surface area contributed by atoms with Crippen molar-refractivity contribution < 1.29 is 22.6 Å². The van der Waals surface area contributed by atoms with Gasteiger partial charge in [-0.25, -0.2) is 18.5 Å². The Morgan fingerprint density at radius 2 is 2.32 bits per heavy atom. The van der Waals surface area contributed by atoms with Crippen molar-refractivity contribution in [3.8, 4) is 5.88 Å². The molecule has 0 saturated carbocycles. The predicted octanol–water partition coefficient (Wildman–Crippen LogP) is 0.177. The molecule has 7 nitrogen and oxygen atoms in total. The standard InChI is InChI=1S/C10H13ClN2O5S/c11-9-3-8(19(12,14)15)4-13-10(9)18-6-7-5-16-1-2-17-7/h3-4,7H,1-2,5-6H2,(H2,12,14,15). The summed E-state index contributed by atoms with van der Waals surface area (Å²) in [6.45, 7) is 1.74. The highest BCUT2D eigenvalue weighted by atomic mass is 35.5. The lowest BCUT2D eigenvalue weighted by molar-refractivity contribution is -0.102. The highest BCUT2D eigenvalue weighted by molar-refractivity contribution is 7.89. The molecule has 1 aromatic rings. The van der Waals surface area contributed by atoms with E-state index < -0.39 is 10.0 Å². The summed E-state index contributed by atoms with van der Waals surface area (Å²) in [5, 5.41) is 5.04. The second kappa shape index (κ2) is 6.02. The van der Waals surface area contributed by atoms with E-state index in [2.05, 4.69) is 4.98 Å². The molecule has 106 valence electrons. The summed E-state index contributed by atoms with van der Waals surface area (Å²) >= 11 is 5.87. The topological polar surface area (TPSA) is 101 Å². The first-order chi connectivity index (χ1) is 8.97. The highest BCUT2D eigenvalue weighted by Gasteiger charge is 2.17. The lowest BCUT2D eigenvalue weighted by atomic mass is 10.4. The van der Waals surface area contributed by atoms with Gasteiger partial charge in [-0.3, -0.25) is 0 Å². The Morgan fingerprint density at radius 3 is 2.89 bits per heavy atom. The van der Waals surface area contributed by atoms with Gasteiger partial charge in [0, 0.05) is 0 Å². The smallest absolute Gasteiger partial charge is 0.239 e. The number of ether oxygens (including phenoxy) is 3. The second-order valence-electron chi connectivity index (χ2n) is 3.88. The molecule has 9 heteroatoms. The second-order valence-corrected chi connectivity index (χ2v) is 5.85. The van der Waals surface area contributed by atoms with Gasteiger partial charge in [-0.1, -0.05) is 11.6 Å². The molecule has 2 rings (SSSR count). The lowest BCUT2D eigenvalue weighted by Gasteiger charge is -2.22. The SMILES string of the molecule is NS(=O)(=O)c1cnc(OCC2COCCO2)c(Cl)c1. The van der Waals surface area contributed by atoms with Crippen LogP contribution in [0.5, 0.6) is 5.88 Å². The zero-order valence-corrected chi connectivity index (χ0v) is 11.5. The average molecular weight is 309 g/mol. The number of pyridine rings is 1. The van der Waals surface area contributed by atoms with Crippen LogP contribution >= 0.6 is 11.6 Å². The van der Waals surface area contributed by atoms with Crippen molar-refractivity contribution in [2.75, 3.05) is 26.4 Å². The quantitative estimate of drug-likeness (QED) is 0.851. The zero-order chi connectivity index (χ0) is 13.9. The number of rotatable bonds is 4. The molecule has 1 aliphatic rings. The van der Waals surface area contributed by atoms with Crippen LogP contribution in [0.1, 0.15) is 0 Å². The number of aromatic nitrogens is 1. The largest absolute Gasteiger partial charge is 0.474 e. The Hall–Kier alpha value is -0.930. The minimum absolute atomic E-state index is 0.0725. The molecule has 0 aromatic carbocycles. The van der Waals surface area contributed by atoms with Crippen LogP contribution in [0.4, 0.5) is 0 Å². The predicted molar refractivity (Wildman–Crippen MR) is 66.7 cm³/mol. The molecule has 0 aliphatic carbocycles. The fourth-order valence-corrected chi connectivity index (χ4v) is 2.24. The van der Waals surface area contributed by atoms with E-state index in [-0.39, 0.29) is 28.5 Å². The summed E-state index contributed by atoms with van der Waals surface area (Å²) in [5.74, 6) is 0.128. The molecular weight excluding hydrogens is 296 g/mol. The number of nitrogens with zero attached hydrogens (tertiary/aromatic N) is 1. The van der Waals surface area contributed by atoms with E-state index in [0.717, 1.165) is 6.20 Å². The molecule has 1 unspecified atom stereocenters. The third-order valence-corrected chi connectivity index (χ3v) is 3.55. The molecule has 0 bridgehead atoms. The summed E-state index contributed by atoms with van der Waals surface area (Å²) in [6.07, 6.45) is 0.902. The molecule has 0 amide bonds. The maximum Gasteiger partial charge on any atom is 0.239 e. The molecule has 1 fully saturated rings. The third kappa shape index (κ3) is 4.02. The fraction of sp³-hybridized carbons (Fsp3) is 0.500. The maximum absolute atomic E-state index is 11.1. The van der Waals surface area contributed by atoms with E-state index in [1.54, 1.807) is 0 Å². The summed E-state index contributed by atoms with van der Waals surface area (Å²) in [7, 11) is -3.82. The first-order valence-corrected chi connectivity index (χ1v) is 7.40. The van der Waals surface area contributed by atoms with Crippen LogP contribution in [0.2, 0.25) is 5.02 Å². The molecule has 1 aromatic heterocycles. The van der Waals surface area contributed by atoms with Crippen molar-refractivity contribution in [1.82, 2.24) is 4.98 Å². The van der Waals surface area contributed by atoms with Gasteiger partial charge in [-0.05, 0) is 6.07 Å². The Labute approximate surface area is 115 Å². The summed E-state index contributed by atoms with van der Waals surface area (Å²) in [6, 6.07) is 1.19. The van der Waals surface area contributed by atoms with Crippen LogP contribution in [-0.2, 0) is 19.5 Å². The van der Waals surface area contributed by atoms with Gasteiger partial charge >= 0.3 is 0 Å². The number of sulfonamides is 1. The molecule has 1 aliphatic heterocycles. The lowest BCUT2D eigenvalue weighted by Crippen LogP contribution is -2.33. The van der Waals surface area contributed by atoms with Crippen LogP contribution in [0.3, 0.4) is 0 Å². The molecule has 0 spiro atoms. The normalized spacial score (nSPS) is 20.2. The van der Waals surface area contributed by atoms with Crippen molar-refractivity contribution in [2.45, 2.75) is 11.0 Å². The number of primary sulfonamides is 1. The average Bonchev–Trinajstić information content (AvgIpc) is 2.37. The van der Waals surface area contributed by atoms with E-state index in [1.807, 2.05) is 0 Å². The first kappa shape index (κ1) is 14.5. The molecule has 1 saturated heterocycles. The van der Waals surface area contributed by atoms with Gasteiger partial charge in [-0.2, -0.15) is 0 Å². The Balaban J connectivity index is 2.01. The number of nitrogens with two attached hydrogens (primary N) is 1. The number of halogens is 1. The molecule has 19 heavy (non-hydrogen) atoms. The van der Waals surface area contributed by atoms with Crippen molar-refractivity contribution in [2.24, 2.45) is 5.14 Å². The molecular formula is C10H13ClN2O5S. The van der Waals surface area contributed by atoms with Gasteiger partial charge < -0.3 is 14.2 Å². The molecule has 0 radical (unpaired) electrons. The van der Waals surface area contributed by atoms with E-state index in [1.165, 1.54) is 6.07 Å². The van der Waals surface area contributed by atoms with Gasteiger partial charge in [0.2, 0.25) is 15.9 Å². The third-order valence-electron chi connectivity index (χ3n) is 2.40. The van der Waals surface area contributed by atoms with Crippen LogP contribution in [0, 0.1) is 0 Å². The van der Waals surface area contributed by atoms with Gasteiger partial charge in [0.25, 0.3) is 0 Å². The molecule has 1 atom stereocenters. The zero-order valence-electron chi connectivity index (χ0n) is 9.91. The van der Waals surface area contributed by atoms with E-state index >= 15 is 0 Å². The molecule has 2 N–H and O–H groups in total. The first-order valence-electron chi connectivity index (χ1n) is 5.47.